The Kier molecular flexibility index (Phi) is 7.79. The van der Waals surface area contributed by atoms with Crippen molar-refractivity contribution in [2.75, 3.05) is 0 Å². The summed E-state index contributed by atoms with van der Waals surface area (Å²) in [5, 5.41) is 0. The smallest absolute Gasteiger partial charge is 0.138 e. The van der Waals surface area contributed by atoms with Crippen molar-refractivity contribution >= 4 is 0 Å². The highest BCUT2D eigenvalue weighted by molar-refractivity contribution is 5.32. The molecule has 1 unspecified atom stereocenters. The van der Waals surface area contributed by atoms with E-state index in [1.165, 1.54) is 0 Å². The zero-order valence-electron chi connectivity index (χ0n) is 13.5. The zero-order chi connectivity index (χ0) is 16.3. The maximum atomic E-state index is 6.14. The van der Waals surface area contributed by atoms with Crippen molar-refractivity contribution < 1.29 is 4.74 Å². The highest BCUT2D eigenvalue weighted by Crippen LogP contribution is 2.23. The lowest BCUT2D eigenvalue weighted by Crippen LogP contribution is -2.31. The SMILES string of the molecule is C=CC(C=C)(CC=CC)OC1C#CC=C=C(CC=CC)C=C1. The first-order chi connectivity index (χ1) is 10.7. The Labute approximate surface area is 134 Å². The molecule has 0 aromatic rings. The van der Waals surface area contributed by atoms with E-state index in [0.717, 1.165) is 12.0 Å². The van der Waals surface area contributed by atoms with Crippen LogP contribution in [-0.2, 0) is 4.74 Å². The van der Waals surface area contributed by atoms with Crippen LogP contribution in [0.4, 0.5) is 0 Å². The Morgan fingerprint density at radius 2 is 1.95 bits per heavy atom. The molecule has 1 atom stereocenters. The van der Waals surface area contributed by atoms with E-state index in [4.69, 9.17) is 4.74 Å². The van der Waals surface area contributed by atoms with Crippen LogP contribution in [0.2, 0.25) is 0 Å². The third-order valence-corrected chi connectivity index (χ3v) is 3.31. The third kappa shape index (κ3) is 5.62. The second kappa shape index (κ2) is 9.64. The maximum absolute atomic E-state index is 6.14. The summed E-state index contributed by atoms with van der Waals surface area (Å²) in [6.45, 7) is 11.8. The van der Waals surface area contributed by atoms with Gasteiger partial charge in [0.2, 0.25) is 0 Å². The summed E-state index contributed by atoms with van der Waals surface area (Å²) in [4.78, 5) is 0. The van der Waals surface area contributed by atoms with E-state index >= 15 is 0 Å². The van der Waals surface area contributed by atoms with E-state index in [2.05, 4.69) is 36.8 Å². The maximum Gasteiger partial charge on any atom is 0.138 e. The van der Waals surface area contributed by atoms with Gasteiger partial charge in [0.15, 0.2) is 0 Å². The summed E-state index contributed by atoms with van der Waals surface area (Å²) in [7, 11) is 0. The average molecular weight is 292 g/mol. The molecule has 0 fully saturated rings. The normalized spacial score (nSPS) is 17.7. The van der Waals surface area contributed by atoms with E-state index < -0.39 is 5.60 Å². The molecule has 1 rings (SSSR count). The highest BCUT2D eigenvalue weighted by Gasteiger charge is 2.24. The molecule has 0 aromatic carbocycles. The lowest BCUT2D eigenvalue weighted by Gasteiger charge is -2.28. The van der Waals surface area contributed by atoms with Gasteiger partial charge in [-0.25, -0.2) is 0 Å². The quantitative estimate of drug-likeness (QED) is 0.345. The predicted octanol–water partition coefficient (Wildman–Crippen LogP) is 5.07. The van der Waals surface area contributed by atoms with Crippen molar-refractivity contribution in [2.24, 2.45) is 0 Å². The minimum Gasteiger partial charge on any atom is -0.347 e. The van der Waals surface area contributed by atoms with Crippen molar-refractivity contribution in [1.29, 1.82) is 0 Å². The molecular formula is C21H24O. The Bertz CT molecular complexity index is 588. The molecule has 0 amide bonds. The number of hydrogen-bond acceptors (Lipinski definition) is 1. The molecule has 0 saturated heterocycles. The van der Waals surface area contributed by atoms with E-state index in [1.807, 2.05) is 44.2 Å². The molecule has 1 aliphatic rings. The van der Waals surface area contributed by atoms with E-state index in [1.54, 1.807) is 18.2 Å². The van der Waals surface area contributed by atoms with Gasteiger partial charge >= 0.3 is 0 Å². The van der Waals surface area contributed by atoms with Crippen LogP contribution < -0.4 is 0 Å². The van der Waals surface area contributed by atoms with Crippen molar-refractivity contribution in [3.05, 3.63) is 79.1 Å². The molecule has 0 aliphatic heterocycles. The molecule has 0 bridgehead atoms. The fourth-order valence-electron chi connectivity index (χ4n) is 1.93. The van der Waals surface area contributed by atoms with Crippen molar-refractivity contribution in [3.63, 3.8) is 0 Å². The minimum atomic E-state index is -0.605. The number of hydrogen-bond donors (Lipinski definition) is 0. The van der Waals surface area contributed by atoms with E-state index in [-0.39, 0.29) is 6.10 Å². The van der Waals surface area contributed by atoms with Gasteiger partial charge in [0.05, 0.1) is 0 Å². The standard InChI is InChI=1S/C21H24O/c1-5-9-13-19-14-11-12-15-20(17-16-19)22-21(7-3,8-4)18-10-6-2/h5-11,16-17,20H,3-4,13,18H2,1-2H3. The van der Waals surface area contributed by atoms with E-state index in [9.17, 15) is 0 Å². The summed E-state index contributed by atoms with van der Waals surface area (Å²) in [5.41, 5.74) is 3.65. The van der Waals surface area contributed by atoms with Gasteiger partial charge in [-0.3, -0.25) is 0 Å². The van der Waals surface area contributed by atoms with Crippen molar-refractivity contribution in [3.8, 4) is 11.8 Å². The van der Waals surface area contributed by atoms with Gasteiger partial charge in [-0.1, -0.05) is 67.5 Å². The summed E-state index contributed by atoms with van der Waals surface area (Å²) in [6, 6.07) is 0. The Morgan fingerprint density at radius 3 is 2.59 bits per heavy atom. The summed E-state index contributed by atoms with van der Waals surface area (Å²) in [5.74, 6) is 6.05. The van der Waals surface area contributed by atoms with Crippen LogP contribution >= 0.6 is 0 Å². The largest absolute Gasteiger partial charge is 0.347 e. The van der Waals surface area contributed by atoms with Crippen LogP contribution in [0.3, 0.4) is 0 Å². The Balaban J connectivity index is 2.92. The first kappa shape index (κ1) is 17.8. The number of ether oxygens (including phenoxy) is 1. The average Bonchev–Trinajstić information content (AvgIpc) is 2.53. The second-order valence-electron chi connectivity index (χ2n) is 4.91. The first-order valence-electron chi connectivity index (χ1n) is 7.50. The Hall–Kier alpha value is -2.26. The summed E-state index contributed by atoms with van der Waals surface area (Å²) < 4.78 is 6.14. The molecule has 1 nitrogen and oxygen atoms in total. The molecule has 0 heterocycles. The highest BCUT2D eigenvalue weighted by atomic mass is 16.5. The molecule has 22 heavy (non-hydrogen) atoms. The van der Waals surface area contributed by atoms with Crippen molar-refractivity contribution in [2.45, 2.75) is 38.4 Å². The van der Waals surface area contributed by atoms with Gasteiger partial charge < -0.3 is 4.74 Å². The minimum absolute atomic E-state index is 0.305. The predicted molar refractivity (Wildman–Crippen MR) is 95.4 cm³/mol. The molecule has 114 valence electrons. The lowest BCUT2D eigenvalue weighted by atomic mass is 9.98. The molecule has 0 saturated carbocycles. The van der Waals surface area contributed by atoms with Crippen LogP contribution in [0, 0.1) is 11.8 Å². The van der Waals surface area contributed by atoms with Gasteiger partial charge in [0.1, 0.15) is 11.7 Å². The number of allylic oxidation sites excluding steroid dienone is 5. The van der Waals surface area contributed by atoms with Crippen LogP contribution in [0.5, 0.6) is 0 Å². The first-order valence-corrected chi connectivity index (χ1v) is 7.50. The van der Waals surface area contributed by atoms with Gasteiger partial charge in [-0.05, 0) is 31.9 Å². The molecule has 1 aliphatic carbocycles. The fraction of sp³-hybridized carbons (Fsp3) is 0.286. The molecule has 0 N–H and O–H groups in total. The van der Waals surface area contributed by atoms with Gasteiger partial charge in [0.25, 0.3) is 0 Å². The third-order valence-electron chi connectivity index (χ3n) is 3.31. The summed E-state index contributed by atoms with van der Waals surface area (Å²) in [6.07, 6.45) is 18.7. The zero-order valence-corrected chi connectivity index (χ0v) is 13.5. The van der Waals surface area contributed by atoms with Crippen LogP contribution in [-0.4, -0.2) is 11.7 Å². The second-order valence-corrected chi connectivity index (χ2v) is 4.91. The molecule has 0 radical (unpaired) electrons. The monoisotopic (exact) mass is 292 g/mol. The lowest BCUT2D eigenvalue weighted by molar-refractivity contribution is 0.0183. The Morgan fingerprint density at radius 1 is 1.23 bits per heavy atom. The topological polar surface area (TPSA) is 9.23 Å². The molecule has 0 spiro atoms. The van der Waals surface area contributed by atoms with Crippen molar-refractivity contribution in [1.82, 2.24) is 0 Å². The fourth-order valence-corrected chi connectivity index (χ4v) is 1.93. The van der Waals surface area contributed by atoms with Crippen LogP contribution in [0.1, 0.15) is 26.7 Å². The number of rotatable bonds is 8. The molecule has 0 aromatic heterocycles. The van der Waals surface area contributed by atoms with E-state index in [0.29, 0.717) is 6.42 Å². The van der Waals surface area contributed by atoms with Crippen LogP contribution in [0.25, 0.3) is 0 Å². The van der Waals surface area contributed by atoms with Gasteiger partial charge in [-0.2, -0.15) is 0 Å². The van der Waals surface area contributed by atoms with Gasteiger partial charge in [0, 0.05) is 12.5 Å². The van der Waals surface area contributed by atoms with Gasteiger partial charge in [-0.15, -0.1) is 5.73 Å². The summed E-state index contributed by atoms with van der Waals surface area (Å²) >= 11 is 0. The molecule has 1 heteroatoms. The van der Waals surface area contributed by atoms with Crippen LogP contribution in [0.15, 0.2) is 79.1 Å². The molecular weight excluding hydrogens is 268 g/mol.